The summed E-state index contributed by atoms with van der Waals surface area (Å²) >= 11 is 0. The molecule has 0 aromatic heterocycles. The quantitative estimate of drug-likeness (QED) is 0.520. The van der Waals surface area contributed by atoms with E-state index in [9.17, 15) is 9.59 Å². The number of ether oxygens (including phenoxy) is 1. The Morgan fingerprint density at radius 2 is 2.00 bits per heavy atom. The molecule has 2 saturated heterocycles. The smallest absolute Gasteiger partial charge is 0.258 e. The Kier molecular flexibility index (Phi) is 2.97. The van der Waals surface area contributed by atoms with E-state index >= 15 is 0 Å². The summed E-state index contributed by atoms with van der Waals surface area (Å²) < 4.78 is 5.33. The van der Waals surface area contributed by atoms with Gasteiger partial charge in [-0.25, -0.2) is 0 Å². The van der Waals surface area contributed by atoms with E-state index in [2.05, 4.69) is 5.92 Å². The van der Waals surface area contributed by atoms with Crippen molar-refractivity contribution in [3.05, 3.63) is 0 Å². The predicted molar refractivity (Wildman–Crippen MR) is 57.3 cm³/mol. The van der Waals surface area contributed by atoms with Gasteiger partial charge in [-0.15, -0.1) is 12.3 Å². The predicted octanol–water partition coefficient (Wildman–Crippen LogP) is 0.705. The maximum atomic E-state index is 12.0. The minimum absolute atomic E-state index is 0.169. The molecule has 0 aromatic rings. The lowest BCUT2D eigenvalue weighted by molar-refractivity contribution is -0.171. The number of morpholine rings is 1. The van der Waals surface area contributed by atoms with E-state index in [0.29, 0.717) is 25.7 Å². The Morgan fingerprint density at radius 1 is 1.44 bits per heavy atom. The maximum Gasteiger partial charge on any atom is 0.258 e. The van der Waals surface area contributed by atoms with Gasteiger partial charge in [0.25, 0.3) is 11.8 Å². The topological polar surface area (TPSA) is 46.6 Å². The van der Waals surface area contributed by atoms with Gasteiger partial charge in [-0.1, -0.05) is 6.92 Å². The van der Waals surface area contributed by atoms with E-state index in [1.807, 2.05) is 6.92 Å². The largest absolute Gasteiger partial charge is 0.355 e. The number of carbonyl (C=O) groups is 2. The third-order valence-electron chi connectivity index (χ3n) is 3.24. The van der Waals surface area contributed by atoms with Crippen LogP contribution in [0.25, 0.3) is 0 Å². The normalized spacial score (nSPS) is 30.4. The Bertz CT molecular complexity index is 336. The van der Waals surface area contributed by atoms with Crippen molar-refractivity contribution >= 4 is 11.8 Å². The summed E-state index contributed by atoms with van der Waals surface area (Å²) in [4.78, 5) is 25.3. The number of likely N-dealkylation sites (tertiary alicyclic amines) is 1. The molecule has 0 saturated carbocycles. The molecule has 2 heterocycles. The van der Waals surface area contributed by atoms with E-state index in [1.54, 1.807) is 0 Å². The van der Waals surface area contributed by atoms with E-state index in [0.717, 1.165) is 0 Å². The molecule has 86 valence electrons. The zero-order valence-corrected chi connectivity index (χ0v) is 9.31. The molecule has 0 radical (unpaired) electrons. The summed E-state index contributed by atoms with van der Waals surface area (Å²) in [6.07, 6.45) is 6.84. The molecule has 2 aliphatic heterocycles. The zero-order chi connectivity index (χ0) is 11.7. The number of terminal acetylenes is 1. The van der Waals surface area contributed by atoms with E-state index in [4.69, 9.17) is 11.2 Å². The molecule has 3 unspecified atom stereocenters. The van der Waals surface area contributed by atoms with Gasteiger partial charge in [0, 0.05) is 6.42 Å². The first kappa shape index (κ1) is 11.2. The lowest BCUT2D eigenvalue weighted by Gasteiger charge is -2.34. The minimum atomic E-state index is -0.422. The number of nitrogens with zero attached hydrogens (tertiary/aromatic N) is 1. The zero-order valence-electron chi connectivity index (χ0n) is 9.31. The number of imide groups is 1. The molecule has 3 atom stereocenters. The van der Waals surface area contributed by atoms with E-state index < -0.39 is 12.2 Å². The van der Waals surface area contributed by atoms with Crippen LogP contribution in [0, 0.1) is 12.3 Å². The summed E-state index contributed by atoms with van der Waals surface area (Å²) in [6, 6.07) is -0.169. The highest BCUT2D eigenvalue weighted by Gasteiger charge is 2.48. The highest BCUT2D eigenvalue weighted by molar-refractivity contribution is 6.02. The summed E-state index contributed by atoms with van der Waals surface area (Å²) in [7, 11) is 0. The molecular formula is C12H15NO3. The van der Waals surface area contributed by atoms with Crippen LogP contribution in [0.15, 0.2) is 0 Å². The van der Waals surface area contributed by atoms with Crippen LogP contribution < -0.4 is 0 Å². The van der Waals surface area contributed by atoms with Crippen molar-refractivity contribution in [2.24, 2.45) is 0 Å². The fraction of sp³-hybridized carbons (Fsp3) is 0.667. The lowest BCUT2D eigenvalue weighted by Crippen LogP contribution is -2.55. The van der Waals surface area contributed by atoms with Crippen LogP contribution in [-0.4, -0.2) is 35.0 Å². The van der Waals surface area contributed by atoms with Crippen molar-refractivity contribution < 1.29 is 14.3 Å². The highest BCUT2D eigenvalue weighted by atomic mass is 16.5. The Labute approximate surface area is 94.9 Å². The first-order valence-corrected chi connectivity index (χ1v) is 5.64. The number of fused-ring (bicyclic) bond motifs is 2. The fourth-order valence-corrected chi connectivity index (χ4v) is 2.33. The fourth-order valence-electron chi connectivity index (χ4n) is 2.33. The highest BCUT2D eigenvalue weighted by Crippen LogP contribution is 2.30. The summed E-state index contributed by atoms with van der Waals surface area (Å²) in [5, 5.41) is 0. The number of hydrogen-bond donors (Lipinski definition) is 0. The van der Waals surface area contributed by atoms with Crippen molar-refractivity contribution in [2.75, 3.05) is 0 Å². The molecule has 0 spiro atoms. The van der Waals surface area contributed by atoms with Gasteiger partial charge in [-0.3, -0.25) is 14.5 Å². The molecule has 2 bridgehead atoms. The molecular weight excluding hydrogens is 206 g/mol. The molecule has 4 nitrogen and oxygen atoms in total. The average molecular weight is 221 g/mol. The van der Waals surface area contributed by atoms with Crippen molar-refractivity contribution in [3.8, 4) is 12.3 Å². The average Bonchev–Trinajstić information content (AvgIpc) is 2.72. The molecule has 0 aliphatic carbocycles. The Morgan fingerprint density at radius 3 is 2.44 bits per heavy atom. The number of rotatable bonds is 3. The van der Waals surface area contributed by atoms with Crippen molar-refractivity contribution in [2.45, 2.75) is 50.9 Å². The molecule has 16 heavy (non-hydrogen) atoms. The molecule has 2 rings (SSSR count). The van der Waals surface area contributed by atoms with Crippen molar-refractivity contribution in [1.29, 1.82) is 0 Å². The van der Waals surface area contributed by atoms with Crippen LogP contribution in [0.1, 0.15) is 32.6 Å². The van der Waals surface area contributed by atoms with Crippen molar-refractivity contribution in [1.82, 2.24) is 4.90 Å². The number of hydrogen-bond acceptors (Lipinski definition) is 3. The molecule has 0 N–H and O–H groups in total. The van der Waals surface area contributed by atoms with Crippen LogP contribution >= 0.6 is 0 Å². The van der Waals surface area contributed by atoms with Crippen LogP contribution in [-0.2, 0) is 14.3 Å². The second-order valence-corrected chi connectivity index (χ2v) is 4.21. The van der Waals surface area contributed by atoms with Crippen molar-refractivity contribution in [3.63, 3.8) is 0 Å². The van der Waals surface area contributed by atoms with Crippen LogP contribution in [0.5, 0.6) is 0 Å². The SMILES string of the molecule is C#CCC(CC)N1C(=O)C2CCC(O2)C1=O. The minimum Gasteiger partial charge on any atom is -0.355 e. The summed E-state index contributed by atoms with van der Waals surface area (Å²) in [6.45, 7) is 1.93. The monoisotopic (exact) mass is 221 g/mol. The summed E-state index contributed by atoms with van der Waals surface area (Å²) in [5.74, 6) is 2.11. The molecule has 2 aliphatic rings. The molecule has 2 amide bonds. The van der Waals surface area contributed by atoms with Gasteiger partial charge < -0.3 is 4.74 Å². The lowest BCUT2D eigenvalue weighted by atomic mass is 10.1. The van der Waals surface area contributed by atoms with Gasteiger partial charge in [0.05, 0.1) is 6.04 Å². The first-order chi connectivity index (χ1) is 7.69. The maximum absolute atomic E-state index is 12.0. The standard InChI is InChI=1S/C12H15NO3/c1-3-5-8(4-2)13-11(14)9-6-7-10(16-9)12(13)15/h1,8-10H,4-7H2,2H3. The van der Waals surface area contributed by atoms with Crippen LogP contribution in [0.3, 0.4) is 0 Å². The van der Waals surface area contributed by atoms with Gasteiger partial charge in [0.15, 0.2) is 0 Å². The van der Waals surface area contributed by atoms with Gasteiger partial charge in [-0.05, 0) is 19.3 Å². The molecule has 4 heteroatoms. The van der Waals surface area contributed by atoms with Gasteiger partial charge in [-0.2, -0.15) is 0 Å². The third kappa shape index (κ3) is 1.61. The van der Waals surface area contributed by atoms with Crippen LogP contribution in [0.4, 0.5) is 0 Å². The second kappa shape index (κ2) is 4.26. The second-order valence-electron chi connectivity index (χ2n) is 4.21. The van der Waals surface area contributed by atoms with Gasteiger partial charge in [0.2, 0.25) is 0 Å². The third-order valence-corrected chi connectivity index (χ3v) is 3.24. The Balaban J connectivity index is 2.22. The molecule has 2 fully saturated rings. The molecule has 0 aromatic carbocycles. The van der Waals surface area contributed by atoms with E-state index in [-0.39, 0.29) is 17.9 Å². The van der Waals surface area contributed by atoms with Gasteiger partial charge in [0.1, 0.15) is 12.2 Å². The van der Waals surface area contributed by atoms with E-state index in [1.165, 1.54) is 4.90 Å². The number of amides is 2. The first-order valence-electron chi connectivity index (χ1n) is 5.64. The number of carbonyl (C=O) groups excluding carboxylic acids is 2. The van der Waals surface area contributed by atoms with Crippen LogP contribution in [0.2, 0.25) is 0 Å². The van der Waals surface area contributed by atoms with Gasteiger partial charge >= 0.3 is 0 Å². The Hall–Kier alpha value is -1.34. The summed E-state index contributed by atoms with van der Waals surface area (Å²) in [5.41, 5.74) is 0.